The van der Waals surface area contributed by atoms with E-state index in [9.17, 15) is 9.18 Å². The molecule has 0 bridgehead atoms. The fourth-order valence-corrected chi connectivity index (χ4v) is 2.22. The molecule has 0 fully saturated rings. The van der Waals surface area contributed by atoms with E-state index in [4.69, 9.17) is 4.74 Å². The summed E-state index contributed by atoms with van der Waals surface area (Å²) in [6.45, 7) is 2.64. The molecule has 1 amide bonds. The van der Waals surface area contributed by atoms with Crippen LogP contribution in [0.3, 0.4) is 0 Å². The lowest BCUT2D eigenvalue weighted by atomic mass is 10.1. The summed E-state index contributed by atoms with van der Waals surface area (Å²) in [6.07, 6.45) is 3.20. The highest BCUT2D eigenvalue weighted by atomic mass is 19.1. The van der Waals surface area contributed by atoms with Gasteiger partial charge in [-0.25, -0.2) is 4.39 Å². The van der Waals surface area contributed by atoms with Crippen LogP contribution in [-0.4, -0.2) is 12.5 Å². The van der Waals surface area contributed by atoms with E-state index in [2.05, 4.69) is 24.4 Å². The van der Waals surface area contributed by atoms with Gasteiger partial charge in [0.1, 0.15) is 11.6 Å². The molecule has 0 spiro atoms. The summed E-state index contributed by atoms with van der Waals surface area (Å²) in [4.78, 5) is 11.8. The molecule has 2 rings (SSSR count). The van der Waals surface area contributed by atoms with Gasteiger partial charge in [-0.1, -0.05) is 25.5 Å². The number of carbonyl (C=O) groups excluding carboxylic acids is 1. The van der Waals surface area contributed by atoms with Gasteiger partial charge >= 0.3 is 0 Å². The van der Waals surface area contributed by atoms with Crippen LogP contribution in [0, 0.1) is 5.82 Å². The lowest BCUT2D eigenvalue weighted by Gasteiger charge is -2.08. The second-order valence-corrected chi connectivity index (χ2v) is 5.40. The van der Waals surface area contributed by atoms with Gasteiger partial charge in [-0.2, -0.15) is 0 Å². The van der Waals surface area contributed by atoms with Gasteiger partial charge in [0.2, 0.25) is 5.91 Å². The van der Waals surface area contributed by atoms with Crippen LogP contribution in [-0.2, 0) is 11.2 Å². The molecule has 0 atom stereocenters. The van der Waals surface area contributed by atoms with Crippen molar-refractivity contribution >= 4 is 11.6 Å². The van der Waals surface area contributed by atoms with E-state index in [1.807, 2.05) is 12.1 Å². The maximum Gasteiger partial charge on any atom is 0.224 e. The van der Waals surface area contributed by atoms with Gasteiger partial charge in [0, 0.05) is 12.1 Å². The summed E-state index contributed by atoms with van der Waals surface area (Å²) >= 11 is 0. The SMILES string of the molecule is CCCc1ccc(OCCCC(=O)Nc2ccc(F)cc2)cc1. The molecule has 0 heterocycles. The van der Waals surface area contributed by atoms with Crippen molar-refractivity contribution in [3.63, 3.8) is 0 Å². The molecule has 2 aromatic carbocycles. The number of hydrogen-bond donors (Lipinski definition) is 1. The minimum Gasteiger partial charge on any atom is -0.494 e. The lowest BCUT2D eigenvalue weighted by Crippen LogP contribution is -2.12. The standard InChI is InChI=1S/C19H22FNO2/c1-2-4-15-6-12-18(13-7-15)23-14-3-5-19(22)21-17-10-8-16(20)9-11-17/h6-13H,2-5,14H2,1H3,(H,21,22). The molecule has 0 saturated heterocycles. The van der Waals surface area contributed by atoms with Crippen molar-refractivity contribution in [3.05, 3.63) is 59.9 Å². The first-order valence-electron chi connectivity index (χ1n) is 7.94. The van der Waals surface area contributed by atoms with Crippen molar-refractivity contribution in [2.24, 2.45) is 0 Å². The van der Waals surface area contributed by atoms with E-state index in [0.717, 1.165) is 18.6 Å². The Balaban J connectivity index is 1.66. The smallest absolute Gasteiger partial charge is 0.224 e. The molecular formula is C19H22FNO2. The molecule has 0 aliphatic rings. The highest BCUT2D eigenvalue weighted by Gasteiger charge is 2.03. The first-order chi connectivity index (χ1) is 11.2. The van der Waals surface area contributed by atoms with Crippen molar-refractivity contribution in [2.75, 3.05) is 11.9 Å². The summed E-state index contributed by atoms with van der Waals surface area (Å²) in [5.41, 5.74) is 1.90. The Morgan fingerprint density at radius 2 is 1.78 bits per heavy atom. The van der Waals surface area contributed by atoms with E-state index in [0.29, 0.717) is 25.1 Å². The van der Waals surface area contributed by atoms with E-state index in [-0.39, 0.29) is 11.7 Å². The van der Waals surface area contributed by atoms with Crippen LogP contribution in [0.15, 0.2) is 48.5 Å². The molecule has 0 saturated carbocycles. The minimum atomic E-state index is -0.318. The Hall–Kier alpha value is -2.36. The number of hydrogen-bond acceptors (Lipinski definition) is 2. The predicted molar refractivity (Wildman–Crippen MR) is 90.2 cm³/mol. The zero-order valence-corrected chi connectivity index (χ0v) is 13.3. The van der Waals surface area contributed by atoms with E-state index in [1.165, 1.54) is 17.7 Å². The molecule has 1 N–H and O–H groups in total. The van der Waals surface area contributed by atoms with Gasteiger partial charge in [0.05, 0.1) is 6.61 Å². The van der Waals surface area contributed by atoms with Crippen molar-refractivity contribution < 1.29 is 13.9 Å². The molecule has 0 radical (unpaired) electrons. The monoisotopic (exact) mass is 315 g/mol. The number of halogens is 1. The number of aryl methyl sites for hydroxylation is 1. The molecule has 0 aliphatic heterocycles. The average molecular weight is 315 g/mol. The van der Waals surface area contributed by atoms with Crippen LogP contribution in [0.5, 0.6) is 5.75 Å². The van der Waals surface area contributed by atoms with E-state index < -0.39 is 0 Å². The largest absolute Gasteiger partial charge is 0.494 e. The first-order valence-corrected chi connectivity index (χ1v) is 7.94. The van der Waals surface area contributed by atoms with E-state index in [1.54, 1.807) is 12.1 Å². The van der Waals surface area contributed by atoms with Crippen LogP contribution in [0.25, 0.3) is 0 Å². The van der Waals surface area contributed by atoms with Crippen LogP contribution < -0.4 is 10.1 Å². The number of nitrogens with one attached hydrogen (secondary N) is 1. The summed E-state index contributed by atoms with van der Waals surface area (Å²) < 4.78 is 18.4. The lowest BCUT2D eigenvalue weighted by molar-refractivity contribution is -0.116. The third-order valence-corrected chi connectivity index (χ3v) is 3.41. The normalized spacial score (nSPS) is 10.3. The van der Waals surface area contributed by atoms with Crippen LogP contribution in [0.2, 0.25) is 0 Å². The van der Waals surface area contributed by atoms with Gasteiger partial charge in [-0.3, -0.25) is 4.79 Å². The molecule has 0 aliphatic carbocycles. The van der Waals surface area contributed by atoms with Gasteiger partial charge < -0.3 is 10.1 Å². The molecule has 2 aromatic rings. The molecule has 0 unspecified atom stereocenters. The highest BCUT2D eigenvalue weighted by Crippen LogP contribution is 2.14. The fraction of sp³-hybridized carbons (Fsp3) is 0.316. The number of ether oxygens (including phenoxy) is 1. The molecule has 3 nitrogen and oxygen atoms in total. The average Bonchev–Trinajstić information content (AvgIpc) is 2.55. The second kappa shape index (κ2) is 8.93. The van der Waals surface area contributed by atoms with Crippen molar-refractivity contribution in [1.82, 2.24) is 0 Å². The minimum absolute atomic E-state index is 0.0986. The molecule has 0 aromatic heterocycles. The van der Waals surface area contributed by atoms with Gasteiger partial charge in [0.15, 0.2) is 0 Å². The summed E-state index contributed by atoms with van der Waals surface area (Å²) in [7, 11) is 0. The number of rotatable bonds is 8. The zero-order chi connectivity index (χ0) is 16.5. The topological polar surface area (TPSA) is 38.3 Å². The third-order valence-electron chi connectivity index (χ3n) is 3.41. The zero-order valence-electron chi connectivity index (χ0n) is 13.3. The number of amides is 1. The predicted octanol–water partition coefficient (Wildman–Crippen LogP) is 4.58. The molecule has 23 heavy (non-hydrogen) atoms. The number of anilines is 1. The van der Waals surface area contributed by atoms with Gasteiger partial charge in [0.25, 0.3) is 0 Å². The van der Waals surface area contributed by atoms with Crippen molar-refractivity contribution in [1.29, 1.82) is 0 Å². The second-order valence-electron chi connectivity index (χ2n) is 5.40. The summed E-state index contributed by atoms with van der Waals surface area (Å²) in [5.74, 6) is 0.406. The third kappa shape index (κ3) is 6.10. The summed E-state index contributed by atoms with van der Waals surface area (Å²) in [5, 5.41) is 2.73. The highest BCUT2D eigenvalue weighted by molar-refractivity contribution is 5.90. The number of carbonyl (C=O) groups is 1. The maximum atomic E-state index is 12.8. The van der Waals surface area contributed by atoms with Gasteiger partial charge in [-0.05, 0) is 54.8 Å². The van der Waals surface area contributed by atoms with Crippen molar-refractivity contribution in [3.8, 4) is 5.75 Å². The molecule has 122 valence electrons. The Labute approximate surface area is 136 Å². The van der Waals surface area contributed by atoms with Crippen molar-refractivity contribution in [2.45, 2.75) is 32.6 Å². The Kier molecular flexibility index (Phi) is 6.60. The Bertz CT molecular complexity index is 608. The number of benzene rings is 2. The van der Waals surface area contributed by atoms with Gasteiger partial charge in [-0.15, -0.1) is 0 Å². The Morgan fingerprint density at radius 3 is 2.43 bits per heavy atom. The fourth-order valence-electron chi connectivity index (χ4n) is 2.22. The quantitative estimate of drug-likeness (QED) is 0.724. The molecule has 4 heteroatoms. The van der Waals surface area contributed by atoms with Crippen LogP contribution in [0.4, 0.5) is 10.1 Å². The molecular weight excluding hydrogens is 293 g/mol. The summed E-state index contributed by atoms with van der Waals surface area (Å²) in [6, 6.07) is 13.8. The first kappa shape index (κ1) is 17.0. The van der Waals surface area contributed by atoms with E-state index >= 15 is 0 Å². The van der Waals surface area contributed by atoms with Crippen LogP contribution >= 0.6 is 0 Å². The Morgan fingerprint density at radius 1 is 1.09 bits per heavy atom. The van der Waals surface area contributed by atoms with Crippen LogP contribution in [0.1, 0.15) is 31.7 Å². The maximum absolute atomic E-state index is 12.8.